The molecule has 92 valence electrons. The number of nitrogens with zero attached hydrogens (tertiary/aromatic N) is 2. The van der Waals surface area contributed by atoms with Gasteiger partial charge in [0.15, 0.2) is 5.82 Å². The molecule has 0 amide bonds. The third-order valence-corrected chi connectivity index (χ3v) is 2.95. The van der Waals surface area contributed by atoms with Crippen LogP contribution in [0.3, 0.4) is 0 Å². The van der Waals surface area contributed by atoms with Crippen LogP contribution in [0.15, 0.2) is 30.3 Å². The van der Waals surface area contributed by atoms with E-state index in [1.807, 2.05) is 35.4 Å². The lowest BCUT2D eigenvalue weighted by Gasteiger charge is -2.20. The van der Waals surface area contributed by atoms with E-state index in [9.17, 15) is 0 Å². The molecular formula is C13H15N5. The number of para-hydroxylation sites is 1. The van der Waals surface area contributed by atoms with E-state index in [4.69, 9.17) is 5.41 Å². The Labute approximate surface area is 105 Å². The van der Waals surface area contributed by atoms with E-state index < -0.39 is 0 Å². The van der Waals surface area contributed by atoms with Gasteiger partial charge in [0.1, 0.15) is 5.69 Å². The molecule has 18 heavy (non-hydrogen) atoms. The summed E-state index contributed by atoms with van der Waals surface area (Å²) in [5.74, 6) is 0.704. The summed E-state index contributed by atoms with van der Waals surface area (Å²) in [6.45, 7) is 4.13. The van der Waals surface area contributed by atoms with Crippen molar-refractivity contribution >= 4 is 22.4 Å². The van der Waals surface area contributed by atoms with Crippen LogP contribution in [0.25, 0.3) is 10.9 Å². The first kappa shape index (κ1) is 11.0. The third kappa shape index (κ3) is 1.69. The minimum absolute atomic E-state index is 0.273. The highest BCUT2D eigenvalue weighted by atomic mass is 15.8. The second-order valence-electron chi connectivity index (χ2n) is 4.64. The molecule has 0 bridgehead atoms. The molecule has 0 fully saturated rings. The largest absolute Gasteiger partial charge is 0.299 e. The molecule has 0 atom stereocenters. The van der Waals surface area contributed by atoms with Crippen LogP contribution in [-0.2, 0) is 0 Å². The van der Waals surface area contributed by atoms with Gasteiger partial charge in [-0.2, -0.15) is 0 Å². The summed E-state index contributed by atoms with van der Waals surface area (Å²) in [6.07, 6.45) is 0. The van der Waals surface area contributed by atoms with Crippen molar-refractivity contribution in [2.45, 2.75) is 19.9 Å². The fourth-order valence-corrected chi connectivity index (χ4v) is 1.96. The first-order valence-electron chi connectivity index (χ1n) is 5.96. The number of benzene rings is 1. The Balaban J connectivity index is 2.22. The molecule has 1 aliphatic rings. The van der Waals surface area contributed by atoms with E-state index in [1.165, 1.54) is 0 Å². The lowest BCUT2D eigenvalue weighted by Crippen LogP contribution is -2.36. The zero-order valence-corrected chi connectivity index (χ0v) is 10.4. The summed E-state index contributed by atoms with van der Waals surface area (Å²) >= 11 is 0. The maximum atomic E-state index is 8.12. The molecule has 1 aromatic carbocycles. The molecule has 0 aliphatic carbocycles. The number of rotatable bonds is 1. The fraction of sp³-hybridized carbons (Fsp3) is 0.231. The first-order chi connectivity index (χ1) is 8.65. The summed E-state index contributed by atoms with van der Waals surface area (Å²) in [5.41, 5.74) is 7.95. The molecule has 1 aromatic heterocycles. The van der Waals surface area contributed by atoms with Gasteiger partial charge in [0.25, 0.3) is 0 Å². The predicted molar refractivity (Wildman–Crippen MR) is 71.8 cm³/mol. The second kappa shape index (κ2) is 3.96. The zero-order chi connectivity index (χ0) is 12.7. The number of anilines is 2. The molecule has 5 nitrogen and oxygen atoms in total. The molecule has 1 aliphatic heterocycles. The third-order valence-electron chi connectivity index (χ3n) is 2.95. The van der Waals surface area contributed by atoms with Crippen LogP contribution in [-0.4, -0.2) is 16.1 Å². The summed E-state index contributed by atoms with van der Waals surface area (Å²) in [7, 11) is 0. The van der Waals surface area contributed by atoms with Gasteiger partial charge in [-0.05, 0) is 26.0 Å². The summed E-state index contributed by atoms with van der Waals surface area (Å²) < 4.78 is 0. The van der Waals surface area contributed by atoms with E-state index in [1.54, 1.807) is 0 Å². The molecule has 0 unspecified atom stereocenters. The standard InChI is InChI=1S/C13H15N5/c1-8(2)18-16-12-10(14)7-9-5-3-4-6-11(9)15-13(12)17-18/h3-8,14,16-17H,1-2H3. The van der Waals surface area contributed by atoms with Crippen LogP contribution in [0.1, 0.15) is 13.8 Å². The number of hydrazine groups is 2. The van der Waals surface area contributed by atoms with Gasteiger partial charge < -0.3 is 0 Å². The number of aromatic nitrogens is 1. The number of fused-ring (bicyclic) bond motifs is 2. The van der Waals surface area contributed by atoms with Crippen molar-refractivity contribution < 1.29 is 0 Å². The molecule has 2 aromatic rings. The minimum Gasteiger partial charge on any atom is -0.299 e. The minimum atomic E-state index is 0.273. The van der Waals surface area contributed by atoms with Crippen LogP contribution >= 0.6 is 0 Å². The molecule has 0 spiro atoms. The van der Waals surface area contributed by atoms with Crippen molar-refractivity contribution in [3.8, 4) is 0 Å². The fourth-order valence-electron chi connectivity index (χ4n) is 1.96. The van der Waals surface area contributed by atoms with Gasteiger partial charge in [0, 0.05) is 11.4 Å². The molecule has 0 saturated heterocycles. The monoisotopic (exact) mass is 241 g/mol. The van der Waals surface area contributed by atoms with E-state index in [2.05, 4.69) is 29.7 Å². The summed E-state index contributed by atoms with van der Waals surface area (Å²) in [4.78, 5) is 4.58. The Kier molecular flexibility index (Phi) is 2.41. The average molecular weight is 241 g/mol. The van der Waals surface area contributed by atoms with Crippen LogP contribution in [0, 0.1) is 5.41 Å². The smallest absolute Gasteiger partial charge is 0.169 e. The van der Waals surface area contributed by atoms with Crippen molar-refractivity contribution in [3.63, 3.8) is 0 Å². The van der Waals surface area contributed by atoms with E-state index in [0.29, 0.717) is 11.2 Å². The van der Waals surface area contributed by atoms with Gasteiger partial charge in [0.2, 0.25) is 0 Å². The highest BCUT2D eigenvalue weighted by molar-refractivity contribution is 5.82. The van der Waals surface area contributed by atoms with E-state index in [0.717, 1.165) is 16.6 Å². The van der Waals surface area contributed by atoms with Gasteiger partial charge in [-0.15, -0.1) is 5.12 Å². The lowest BCUT2D eigenvalue weighted by molar-refractivity contribution is 0.337. The molecular weight excluding hydrogens is 226 g/mol. The lowest BCUT2D eigenvalue weighted by atomic mass is 10.2. The van der Waals surface area contributed by atoms with Crippen molar-refractivity contribution in [1.82, 2.24) is 10.1 Å². The average Bonchev–Trinajstić information content (AvgIpc) is 2.71. The quantitative estimate of drug-likeness (QED) is 0.715. The SMILES string of the molecule is CC(C)N1Nc2nc3ccccc3cc(=N)c2N1. The van der Waals surface area contributed by atoms with Crippen molar-refractivity contribution in [2.24, 2.45) is 0 Å². The number of hydrogen-bond acceptors (Lipinski definition) is 5. The van der Waals surface area contributed by atoms with E-state index in [-0.39, 0.29) is 6.04 Å². The molecule has 2 heterocycles. The molecule has 0 radical (unpaired) electrons. The molecule has 3 rings (SSSR count). The van der Waals surface area contributed by atoms with Crippen LogP contribution < -0.4 is 16.2 Å². The normalized spacial score (nSPS) is 14.4. The first-order valence-corrected chi connectivity index (χ1v) is 5.96. The maximum absolute atomic E-state index is 8.12. The van der Waals surface area contributed by atoms with E-state index >= 15 is 0 Å². The van der Waals surface area contributed by atoms with Gasteiger partial charge in [-0.3, -0.25) is 16.3 Å². The highest BCUT2D eigenvalue weighted by Gasteiger charge is 2.21. The summed E-state index contributed by atoms with van der Waals surface area (Å²) in [5, 5.41) is 11.4. The Morgan fingerprint density at radius 1 is 1.22 bits per heavy atom. The van der Waals surface area contributed by atoms with Crippen LogP contribution in [0.4, 0.5) is 11.5 Å². The van der Waals surface area contributed by atoms with Gasteiger partial charge in [-0.25, -0.2) is 4.98 Å². The van der Waals surface area contributed by atoms with Gasteiger partial charge >= 0.3 is 0 Å². The topological polar surface area (TPSA) is 64.0 Å². The highest BCUT2D eigenvalue weighted by Crippen LogP contribution is 2.24. The zero-order valence-electron chi connectivity index (χ0n) is 10.4. The number of hydrogen-bond donors (Lipinski definition) is 3. The van der Waals surface area contributed by atoms with Crippen molar-refractivity contribution in [2.75, 3.05) is 10.9 Å². The molecule has 5 heteroatoms. The molecule has 3 N–H and O–H groups in total. The van der Waals surface area contributed by atoms with Gasteiger partial charge in [0.05, 0.1) is 10.9 Å². The predicted octanol–water partition coefficient (Wildman–Crippen LogP) is 2.09. The number of nitrogens with one attached hydrogen (secondary N) is 3. The van der Waals surface area contributed by atoms with Gasteiger partial charge in [-0.1, -0.05) is 18.2 Å². The second-order valence-corrected chi connectivity index (χ2v) is 4.64. The van der Waals surface area contributed by atoms with Crippen molar-refractivity contribution in [1.29, 1.82) is 5.41 Å². The van der Waals surface area contributed by atoms with Crippen LogP contribution in [0.5, 0.6) is 0 Å². The molecule has 0 saturated carbocycles. The Morgan fingerprint density at radius 2 is 2.00 bits per heavy atom. The van der Waals surface area contributed by atoms with Crippen LogP contribution in [0.2, 0.25) is 0 Å². The Morgan fingerprint density at radius 3 is 2.78 bits per heavy atom. The summed E-state index contributed by atoms with van der Waals surface area (Å²) in [6, 6.07) is 9.93. The Hall–Kier alpha value is -2.14. The maximum Gasteiger partial charge on any atom is 0.169 e. The Bertz CT molecular complexity index is 665. The van der Waals surface area contributed by atoms with Crippen molar-refractivity contribution in [3.05, 3.63) is 35.7 Å².